The summed E-state index contributed by atoms with van der Waals surface area (Å²) in [6.45, 7) is 2.77. The summed E-state index contributed by atoms with van der Waals surface area (Å²) in [7, 11) is 0. The van der Waals surface area contributed by atoms with Crippen molar-refractivity contribution in [3.05, 3.63) is 72.3 Å². The van der Waals surface area contributed by atoms with E-state index >= 15 is 0 Å². The number of aromatic nitrogens is 3. The lowest BCUT2D eigenvalue weighted by atomic mass is 9.90. The van der Waals surface area contributed by atoms with Gasteiger partial charge in [-0.1, -0.05) is 0 Å². The number of ether oxygens (including phenoxy) is 1. The highest BCUT2D eigenvalue weighted by atomic mass is 16.5. The zero-order valence-electron chi connectivity index (χ0n) is 19.1. The Morgan fingerprint density at radius 2 is 1.65 bits per heavy atom. The van der Waals surface area contributed by atoms with E-state index in [1.165, 1.54) is 5.56 Å². The van der Waals surface area contributed by atoms with Gasteiger partial charge in [0.15, 0.2) is 0 Å². The van der Waals surface area contributed by atoms with Gasteiger partial charge in [-0.15, -0.1) is 0 Å². The monoisotopic (exact) mass is 459 g/mol. The first-order valence-electron chi connectivity index (χ1n) is 11.9. The van der Waals surface area contributed by atoms with Crippen LogP contribution in [-0.2, 0) is 9.53 Å². The third-order valence-corrected chi connectivity index (χ3v) is 6.78. The average Bonchev–Trinajstić information content (AvgIpc) is 3.38. The molecular formula is C26H29N5O3. The van der Waals surface area contributed by atoms with Crippen molar-refractivity contribution >= 4 is 17.5 Å². The highest BCUT2D eigenvalue weighted by Gasteiger charge is 2.25. The third kappa shape index (κ3) is 5.02. The zero-order valence-corrected chi connectivity index (χ0v) is 19.1. The van der Waals surface area contributed by atoms with Crippen LogP contribution in [0, 0.1) is 5.92 Å². The molecule has 0 saturated carbocycles. The number of pyridine rings is 1. The molecular weight excluding hydrogens is 430 g/mol. The topological polar surface area (TPSA) is 89.4 Å². The van der Waals surface area contributed by atoms with Gasteiger partial charge in [-0.25, -0.2) is 4.68 Å². The molecule has 8 nitrogen and oxygen atoms in total. The minimum absolute atomic E-state index is 0.0106. The molecule has 2 fully saturated rings. The summed E-state index contributed by atoms with van der Waals surface area (Å²) in [5.74, 6) is 0.536. The number of piperidine rings is 1. The van der Waals surface area contributed by atoms with Gasteiger partial charge in [-0.3, -0.25) is 14.6 Å². The van der Waals surface area contributed by atoms with Gasteiger partial charge in [-0.05, 0) is 73.6 Å². The van der Waals surface area contributed by atoms with Crippen molar-refractivity contribution in [3.8, 4) is 5.69 Å². The molecule has 2 amide bonds. The first kappa shape index (κ1) is 22.3. The van der Waals surface area contributed by atoms with E-state index in [2.05, 4.69) is 27.5 Å². The maximum atomic E-state index is 13.0. The largest absolute Gasteiger partial charge is 0.381 e. The predicted octanol–water partition coefficient (Wildman–Crippen LogP) is 3.65. The Morgan fingerprint density at radius 3 is 2.35 bits per heavy atom. The molecule has 2 saturated heterocycles. The number of benzene rings is 1. The number of rotatable bonds is 5. The summed E-state index contributed by atoms with van der Waals surface area (Å²) in [6, 6.07) is 11.6. The van der Waals surface area contributed by atoms with Gasteiger partial charge < -0.3 is 15.0 Å². The van der Waals surface area contributed by atoms with Crippen LogP contribution >= 0.6 is 0 Å². The Morgan fingerprint density at radius 1 is 0.941 bits per heavy atom. The number of carbonyl (C=O) groups excluding carboxylic acids is 2. The van der Waals surface area contributed by atoms with Gasteiger partial charge in [0.25, 0.3) is 5.91 Å². The molecule has 1 aromatic carbocycles. The number of hydrogen-bond donors (Lipinski definition) is 1. The Labute approximate surface area is 198 Å². The molecule has 0 aliphatic carbocycles. The molecule has 0 spiro atoms. The molecule has 2 aliphatic rings. The fourth-order valence-corrected chi connectivity index (χ4v) is 4.72. The molecule has 176 valence electrons. The SMILES string of the molecule is O=C(Nc1cnn(-c2ccc(C(=O)N3CCC(c4ccncc4)CC3)cc2)c1)C1CCOCC1. The minimum atomic E-state index is -0.0165. The first-order chi connectivity index (χ1) is 16.7. The van der Waals surface area contributed by atoms with Crippen molar-refractivity contribution in [2.24, 2.45) is 5.92 Å². The summed E-state index contributed by atoms with van der Waals surface area (Å²) in [4.78, 5) is 31.5. The maximum Gasteiger partial charge on any atom is 0.253 e. The van der Waals surface area contributed by atoms with E-state index in [9.17, 15) is 9.59 Å². The molecule has 0 bridgehead atoms. The van der Waals surface area contributed by atoms with Gasteiger partial charge in [0.05, 0.1) is 23.8 Å². The van der Waals surface area contributed by atoms with Crippen molar-refractivity contribution in [2.45, 2.75) is 31.6 Å². The molecule has 0 unspecified atom stereocenters. The first-order valence-corrected chi connectivity index (χ1v) is 11.9. The van der Waals surface area contributed by atoms with Crippen LogP contribution in [0.15, 0.2) is 61.2 Å². The molecule has 3 aromatic rings. The Hall–Kier alpha value is -3.52. The van der Waals surface area contributed by atoms with Crippen molar-refractivity contribution in [3.63, 3.8) is 0 Å². The lowest BCUT2D eigenvalue weighted by Crippen LogP contribution is -2.37. The van der Waals surface area contributed by atoms with Crippen LogP contribution in [0.25, 0.3) is 5.69 Å². The fraction of sp³-hybridized carbons (Fsp3) is 0.385. The molecule has 2 aliphatic heterocycles. The average molecular weight is 460 g/mol. The Kier molecular flexibility index (Phi) is 6.67. The van der Waals surface area contributed by atoms with Crippen molar-refractivity contribution < 1.29 is 14.3 Å². The summed E-state index contributed by atoms with van der Waals surface area (Å²) < 4.78 is 7.03. The Balaban J connectivity index is 1.17. The molecule has 5 rings (SSSR count). The summed E-state index contributed by atoms with van der Waals surface area (Å²) >= 11 is 0. The lowest BCUT2D eigenvalue weighted by molar-refractivity contribution is -0.122. The van der Waals surface area contributed by atoms with E-state index in [-0.39, 0.29) is 17.7 Å². The number of carbonyl (C=O) groups is 2. The second-order valence-corrected chi connectivity index (χ2v) is 8.94. The van der Waals surface area contributed by atoms with Gasteiger partial charge in [0, 0.05) is 50.2 Å². The second kappa shape index (κ2) is 10.2. The van der Waals surface area contributed by atoms with Crippen LogP contribution in [-0.4, -0.2) is 57.8 Å². The van der Waals surface area contributed by atoms with Crippen LogP contribution < -0.4 is 5.32 Å². The van der Waals surface area contributed by atoms with Gasteiger partial charge in [0.2, 0.25) is 5.91 Å². The molecule has 0 atom stereocenters. The van der Waals surface area contributed by atoms with Crippen LogP contribution in [0.1, 0.15) is 47.5 Å². The van der Waals surface area contributed by atoms with E-state index < -0.39 is 0 Å². The summed E-state index contributed by atoms with van der Waals surface area (Å²) in [5.41, 5.74) is 3.47. The zero-order chi connectivity index (χ0) is 23.3. The quantitative estimate of drug-likeness (QED) is 0.629. The molecule has 2 aromatic heterocycles. The van der Waals surface area contributed by atoms with Crippen molar-refractivity contribution in [1.29, 1.82) is 0 Å². The summed E-state index contributed by atoms with van der Waals surface area (Å²) in [6.07, 6.45) is 10.5. The highest BCUT2D eigenvalue weighted by molar-refractivity contribution is 5.94. The molecule has 34 heavy (non-hydrogen) atoms. The van der Waals surface area contributed by atoms with E-state index in [0.29, 0.717) is 30.4 Å². The lowest BCUT2D eigenvalue weighted by Gasteiger charge is -2.32. The maximum absolute atomic E-state index is 13.0. The third-order valence-electron chi connectivity index (χ3n) is 6.78. The standard InChI is InChI=1S/C26H29N5O3/c32-25(21-9-15-34-16-10-21)29-23-17-28-31(18-23)24-3-1-22(2-4-24)26(33)30-13-7-20(8-14-30)19-5-11-27-12-6-19/h1-6,11-12,17-18,20-21H,7-10,13-16H2,(H,29,32). The molecule has 8 heteroatoms. The van der Waals surface area contributed by atoms with Crippen molar-refractivity contribution in [2.75, 3.05) is 31.6 Å². The van der Waals surface area contributed by atoms with E-state index in [0.717, 1.165) is 44.5 Å². The van der Waals surface area contributed by atoms with Crippen LogP contribution in [0.4, 0.5) is 5.69 Å². The van der Waals surface area contributed by atoms with Gasteiger partial charge in [0.1, 0.15) is 0 Å². The smallest absolute Gasteiger partial charge is 0.253 e. The predicted molar refractivity (Wildman–Crippen MR) is 128 cm³/mol. The molecule has 0 radical (unpaired) electrons. The van der Waals surface area contributed by atoms with Crippen LogP contribution in [0.2, 0.25) is 0 Å². The van der Waals surface area contributed by atoms with E-state index in [1.807, 2.05) is 41.6 Å². The number of amides is 2. The second-order valence-electron chi connectivity index (χ2n) is 8.94. The van der Waals surface area contributed by atoms with Crippen molar-refractivity contribution in [1.82, 2.24) is 19.7 Å². The fourth-order valence-electron chi connectivity index (χ4n) is 4.72. The number of nitrogens with one attached hydrogen (secondary N) is 1. The van der Waals surface area contributed by atoms with Gasteiger partial charge >= 0.3 is 0 Å². The normalized spacial score (nSPS) is 17.5. The Bertz CT molecular complexity index is 1110. The highest BCUT2D eigenvalue weighted by Crippen LogP contribution is 2.28. The minimum Gasteiger partial charge on any atom is -0.381 e. The number of hydrogen-bond acceptors (Lipinski definition) is 5. The number of anilines is 1. The summed E-state index contributed by atoms with van der Waals surface area (Å²) in [5, 5.41) is 7.31. The molecule has 4 heterocycles. The number of nitrogens with zero attached hydrogens (tertiary/aromatic N) is 4. The molecule has 1 N–H and O–H groups in total. The van der Waals surface area contributed by atoms with Gasteiger partial charge in [-0.2, -0.15) is 5.10 Å². The van der Waals surface area contributed by atoms with Crippen LogP contribution in [0.3, 0.4) is 0 Å². The van der Waals surface area contributed by atoms with E-state index in [1.54, 1.807) is 17.1 Å². The van der Waals surface area contributed by atoms with Crippen LogP contribution in [0.5, 0.6) is 0 Å². The van der Waals surface area contributed by atoms with E-state index in [4.69, 9.17) is 4.74 Å². The number of likely N-dealkylation sites (tertiary alicyclic amines) is 1.